The van der Waals surface area contributed by atoms with E-state index in [2.05, 4.69) is 112 Å². The van der Waals surface area contributed by atoms with Gasteiger partial charge in [0, 0.05) is 9.52 Å². The van der Waals surface area contributed by atoms with Crippen molar-refractivity contribution in [2.75, 3.05) is 0 Å². The van der Waals surface area contributed by atoms with Gasteiger partial charge in [-0.05, 0) is 0 Å². The van der Waals surface area contributed by atoms with Gasteiger partial charge in [0.15, 0.2) is 0 Å². The molecule has 4 aromatic carbocycles. The molecule has 155 valence electrons. The number of aryl methyl sites for hydroxylation is 2. The molecule has 0 saturated heterocycles. The molecule has 0 aliphatic heterocycles. The van der Waals surface area contributed by atoms with Crippen LogP contribution in [0.2, 0.25) is 13.1 Å². The van der Waals surface area contributed by atoms with Crippen LogP contribution in [0.1, 0.15) is 11.1 Å². The Morgan fingerprint density at radius 1 is 0.567 bits per heavy atom. The van der Waals surface area contributed by atoms with Crippen LogP contribution in [-0.4, -0.2) is 9.52 Å². The second kappa shape index (κ2) is 17.5. The molecular weight excluding hydrogens is 590 g/mol. The summed E-state index contributed by atoms with van der Waals surface area (Å²) in [4.78, 5) is 0. The molecular formula is C26H29Cl2HfSi. The summed E-state index contributed by atoms with van der Waals surface area (Å²) in [7, 11) is 0.750. The Hall–Kier alpha value is -1.19. The summed E-state index contributed by atoms with van der Waals surface area (Å²) in [6, 6.07) is 33.7. The Labute approximate surface area is 216 Å². The van der Waals surface area contributed by atoms with Gasteiger partial charge < -0.3 is 24.8 Å². The molecule has 0 N–H and O–H groups in total. The van der Waals surface area contributed by atoms with Gasteiger partial charge >= 0.3 is 25.8 Å². The molecule has 1 radical (unpaired) electrons. The maximum Gasteiger partial charge on any atom is 4.00 e. The Kier molecular flexibility index (Phi) is 18.1. The van der Waals surface area contributed by atoms with Crippen LogP contribution in [0.4, 0.5) is 0 Å². The topological polar surface area (TPSA) is 0 Å². The fraction of sp³-hybridized carbons (Fsp3) is 0.154. The molecule has 0 amide bonds. The molecule has 30 heavy (non-hydrogen) atoms. The molecule has 4 heteroatoms. The maximum absolute atomic E-state index is 2.21. The van der Waals surface area contributed by atoms with Gasteiger partial charge in [-0.3, -0.25) is 0 Å². The summed E-state index contributed by atoms with van der Waals surface area (Å²) in [5.74, 6) is 0. The quantitative estimate of drug-likeness (QED) is 0.235. The van der Waals surface area contributed by atoms with E-state index in [1.807, 2.05) is 12.1 Å². The van der Waals surface area contributed by atoms with E-state index in [0.29, 0.717) is 0 Å². The minimum Gasteiger partial charge on any atom is -1.00 e. The second-order valence-corrected chi connectivity index (χ2v) is 7.71. The number of halogens is 2. The van der Waals surface area contributed by atoms with Gasteiger partial charge in [0.25, 0.3) is 0 Å². The van der Waals surface area contributed by atoms with Crippen LogP contribution in [0.3, 0.4) is 0 Å². The third kappa shape index (κ3) is 9.74. The van der Waals surface area contributed by atoms with E-state index in [1.54, 1.807) is 0 Å². The molecule has 0 fully saturated rings. The van der Waals surface area contributed by atoms with E-state index in [1.165, 1.54) is 33.4 Å². The first kappa shape index (κ1) is 31.0. The minimum absolute atomic E-state index is 0. The maximum atomic E-state index is 2.21. The molecule has 4 rings (SSSR count). The van der Waals surface area contributed by atoms with Crippen LogP contribution < -0.4 is 24.8 Å². The van der Waals surface area contributed by atoms with Crippen molar-refractivity contribution in [3.8, 4) is 22.3 Å². The van der Waals surface area contributed by atoms with Gasteiger partial charge in [-0.1, -0.05) is 98.7 Å². The molecule has 0 heterocycles. The standard InChI is InChI=1S/2C12H11.C2H7Si.2ClH.Hf/c2*1-10-6-5-9-12(10)11-7-3-2-4-8-11;1-3-2;;;/h2*2-9H,1H3;3H,1-2H3;2*1H;/q2*-1;;;;+4/p-2. The number of rotatable bonds is 2. The van der Waals surface area contributed by atoms with E-state index < -0.39 is 0 Å². The van der Waals surface area contributed by atoms with Crippen LogP contribution >= 0.6 is 0 Å². The van der Waals surface area contributed by atoms with E-state index in [-0.39, 0.29) is 50.7 Å². The largest absolute Gasteiger partial charge is 4.00 e. The molecule has 0 spiro atoms. The van der Waals surface area contributed by atoms with Crippen molar-refractivity contribution < 1.29 is 50.7 Å². The Morgan fingerprint density at radius 3 is 1.10 bits per heavy atom. The van der Waals surface area contributed by atoms with Crippen molar-refractivity contribution in [3.05, 3.63) is 108 Å². The van der Waals surface area contributed by atoms with E-state index >= 15 is 0 Å². The average Bonchev–Trinajstić information content (AvgIpc) is 3.32. The van der Waals surface area contributed by atoms with E-state index in [0.717, 1.165) is 9.52 Å². The van der Waals surface area contributed by atoms with E-state index in [4.69, 9.17) is 0 Å². The summed E-state index contributed by atoms with van der Waals surface area (Å²) in [5, 5.41) is 0. The normalized spacial score (nSPS) is 8.67. The Morgan fingerprint density at radius 2 is 0.867 bits per heavy atom. The number of hydrogen-bond acceptors (Lipinski definition) is 0. The zero-order valence-corrected chi connectivity index (χ0v) is 24.3. The monoisotopic (exact) mass is 619 g/mol. The van der Waals surface area contributed by atoms with Gasteiger partial charge in [0.2, 0.25) is 0 Å². The molecule has 0 atom stereocenters. The molecule has 0 aliphatic carbocycles. The predicted octanol–water partition coefficient (Wildman–Crippen LogP) is 1.29. The molecule has 0 unspecified atom stereocenters. The van der Waals surface area contributed by atoms with Gasteiger partial charge in [-0.2, -0.15) is 58.7 Å². The number of benzene rings is 2. The first-order valence-electron chi connectivity index (χ1n) is 9.46. The van der Waals surface area contributed by atoms with Crippen molar-refractivity contribution in [3.63, 3.8) is 0 Å². The smallest absolute Gasteiger partial charge is 1.00 e. The fourth-order valence-electron chi connectivity index (χ4n) is 2.90. The summed E-state index contributed by atoms with van der Waals surface area (Å²) >= 11 is 0. The van der Waals surface area contributed by atoms with Crippen LogP contribution in [0.25, 0.3) is 22.3 Å². The van der Waals surface area contributed by atoms with Gasteiger partial charge in [-0.15, -0.1) is 0 Å². The summed E-state index contributed by atoms with van der Waals surface area (Å²) < 4.78 is 0. The van der Waals surface area contributed by atoms with Crippen LogP contribution in [-0.2, 0) is 25.8 Å². The van der Waals surface area contributed by atoms with E-state index in [9.17, 15) is 0 Å². The van der Waals surface area contributed by atoms with Gasteiger partial charge in [0.1, 0.15) is 0 Å². The molecule has 0 aromatic heterocycles. The van der Waals surface area contributed by atoms with Gasteiger partial charge in [0.05, 0.1) is 0 Å². The molecule has 0 bridgehead atoms. The molecule has 0 nitrogen and oxygen atoms in total. The molecule has 4 aromatic rings. The van der Waals surface area contributed by atoms with Crippen molar-refractivity contribution in [2.24, 2.45) is 0 Å². The summed E-state index contributed by atoms with van der Waals surface area (Å²) in [6.07, 6.45) is 0. The first-order chi connectivity index (χ1) is 13.2. The van der Waals surface area contributed by atoms with Gasteiger partial charge in [-0.25, -0.2) is 0 Å². The average molecular weight is 619 g/mol. The summed E-state index contributed by atoms with van der Waals surface area (Å²) in [5.41, 5.74) is 7.99. The third-order valence-electron chi connectivity index (χ3n) is 4.24. The van der Waals surface area contributed by atoms with Crippen molar-refractivity contribution in [1.82, 2.24) is 0 Å². The zero-order valence-electron chi connectivity index (χ0n) is 18.1. The molecule has 0 saturated carbocycles. The number of hydrogen-bond donors (Lipinski definition) is 0. The SMILES string of the molecule is C[SiH]C.Cc1c[cH-]cc1-c1ccccc1.Cc1c[cH-]cc1-c1ccccc1.[Cl-].[Cl-].[Hf+4]. The predicted molar refractivity (Wildman–Crippen MR) is 123 cm³/mol. The zero-order chi connectivity index (χ0) is 19.5. The Bertz CT molecular complexity index is 823. The van der Waals surface area contributed by atoms with Crippen molar-refractivity contribution >= 4 is 9.52 Å². The summed E-state index contributed by atoms with van der Waals surface area (Å²) in [6.45, 7) is 8.70. The minimum atomic E-state index is 0. The fourth-order valence-corrected chi connectivity index (χ4v) is 2.90. The van der Waals surface area contributed by atoms with Crippen LogP contribution in [0.15, 0.2) is 97.1 Å². The first-order valence-corrected chi connectivity index (χ1v) is 11.8. The third-order valence-corrected chi connectivity index (χ3v) is 4.24. The van der Waals surface area contributed by atoms with Crippen LogP contribution in [0.5, 0.6) is 0 Å². The Balaban J connectivity index is 0. The molecule has 0 aliphatic rings. The second-order valence-electron chi connectivity index (χ2n) is 6.55. The van der Waals surface area contributed by atoms with Crippen LogP contribution in [0, 0.1) is 13.8 Å². The van der Waals surface area contributed by atoms with Crippen molar-refractivity contribution in [2.45, 2.75) is 26.9 Å². The van der Waals surface area contributed by atoms with Crippen molar-refractivity contribution in [1.29, 1.82) is 0 Å².